The molecule has 3 rings (SSSR count). The Balaban J connectivity index is 1.61. The Morgan fingerprint density at radius 3 is 2.17 bits per heavy atom. The predicted octanol–water partition coefficient (Wildman–Crippen LogP) is 2.28. The molecule has 0 N–H and O–H groups in total. The van der Waals surface area contributed by atoms with Crippen molar-refractivity contribution >= 4 is 0 Å². The van der Waals surface area contributed by atoms with E-state index < -0.39 is 12.2 Å². The quantitative estimate of drug-likeness (QED) is 0.846. The van der Waals surface area contributed by atoms with Crippen LogP contribution in [0.25, 0.3) is 0 Å². The summed E-state index contributed by atoms with van der Waals surface area (Å²) in [6.07, 6.45) is -4.52. The molecule has 0 aliphatic carbocycles. The van der Waals surface area contributed by atoms with Crippen molar-refractivity contribution in [3.8, 4) is 0 Å². The molecule has 2 aliphatic rings. The molecule has 1 aromatic rings. The van der Waals surface area contributed by atoms with Gasteiger partial charge in [0, 0.05) is 32.7 Å². The minimum atomic E-state index is -4.28. The third-order valence-electron chi connectivity index (χ3n) is 4.30. The monoisotopic (exact) mass is 330 g/mol. The maximum absolute atomic E-state index is 13.5. The fourth-order valence-electron chi connectivity index (χ4n) is 3.17. The Kier molecular flexibility index (Phi) is 5.21. The van der Waals surface area contributed by atoms with Crippen molar-refractivity contribution in [1.29, 1.82) is 0 Å². The Labute approximate surface area is 133 Å². The van der Waals surface area contributed by atoms with E-state index in [1.807, 2.05) is 0 Å². The third-order valence-corrected chi connectivity index (χ3v) is 4.30. The standard InChI is InChI=1S/C16H21F3N2O2/c17-16(18,19)15(13-4-2-1-3-5-13)21-8-6-20(7-9-21)12-14-22-10-11-23-14/h1-5,14-15H,6-12H2/t15-/m1/s1. The van der Waals surface area contributed by atoms with Crippen LogP contribution in [0.5, 0.6) is 0 Å². The average Bonchev–Trinajstić information content (AvgIpc) is 3.02. The molecular weight excluding hydrogens is 309 g/mol. The minimum Gasteiger partial charge on any atom is -0.349 e. The molecule has 0 aromatic heterocycles. The number of benzene rings is 1. The number of halogens is 3. The molecule has 0 unspecified atom stereocenters. The molecule has 128 valence electrons. The van der Waals surface area contributed by atoms with Crippen molar-refractivity contribution in [1.82, 2.24) is 9.80 Å². The molecule has 2 heterocycles. The maximum Gasteiger partial charge on any atom is 0.408 e. The predicted molar refractivity (Wildman–Crippen MR) is 78.9 cm³/mol. The number of alkyl halides is 3. The van der Waals surface area contributed by atoms with Crippen LogP contribution in [0.3, 0.4) is 0 Å². The van der Waals surface area contributed by atoms with Crippen LogP contribution in [-0.4, -0.2) is 68.2 Å². The molecule has 4 nitrogen and oxygen atoms in total. The Morgan fingerprint density at radius 2 is 1.61 bits per heavy atom. The lowest BCUT2D eigenvalue weighted by Crippen LogP contribution is -2.52. The average molecular weight is 330 g/mol. The number of piperazine rings is 1. The summed E-state index contributed by atoms with van der Waals surface area (Å²) >= 11 is 0. The van der Waals surface area contributed by atoms with Crippen LogP contribution in [0.4, 0.5) is 13.2 Å². The third kappa shape index (κ3) is 4.23. The Morgan fingerprint density at radius 1 is 1.00 bits per heavy atom. The summed E-state index contributed by atoms with van der Waals surface area (Å²) in [6.45, 7) is 3.74. The van der Waals surface area contributed by atoms with Gasteiger partial charge in [0.1, 0.15) is 6.04 Å². The van der Waals surface area contributed by atoms with E-state index in [4.69, 9.17) is 9.47 Å². The molecule has 0 saturated carbocycles. The molecule has 0 amide bonds. The normalized spacial score (nSPS) is 23.3. The van der Waals surface area contributed by atoms with Gasteiger partial charge < -0.3 is 9.47 Å². The van der Waals surface area contributed by atoms with Crippen LogP contribution >= 0.6 is 0 Å². The van der Waals surface area contributed by atoms with Gasteiger partial charge in [0.15, 0.2) is 6.29 Å². The number of rotatable bonds is 4. The molecule has 7 heteroatoms. The Hall–Kier alpha value is -1.15. The van der Waals surface area contributed by atoms with E-state index in [1.165, 1.54) is 4.90 Å². The number of nitrogens with zero attached hydrogens (tertiary/aromatic N) is 2. The van der Waals surface area contributed by atoms with Gasteiger partial charge >= 0.3 is 6.18 Å². The summed E-state index contributed by atoms with van der Waals surface area (Å²) in [6, 6.07) is 6.59. The number of ether oxygens (including phenoxy) is 2. The van der Waals surface area contributed by atoms with Gasteiger partial charge in [-0.05, 0) is 5.56 Å². The van der Waals surface area contributed by atoms with Crippen LogP contribution in [-0.2, 0) is 9.47 Å². The second-order valence-electron chi connectivity index (χ2n) is 5.86. The van der Waals surface area contributed by atoms with Crippen LogP contribution in [0.1, 0.15) is 11.6 Å². The van der Waals surface area contributed by atoms with Gasteiger partial charge in [-0.15, -0.1) is 0 Å². The van der Waals surface area contributed by atoms with Gasteiger partial charge in [-0.3, -0.25) is 9.80 Å². The molecule has 2 saturated heterocycles. The van der Waals surface area contributed by atoms with Gasteiger partial charge in [-0.25, -0.2) is 0 Å². The molecule has 23 heavy (non-hydrogen) atoms. The van der Waals surface area contributed by atoms with Gasteiger partial charge in [0.25, 0.3) is 0 Å². The topological polar surface area (TPSA) is 24.9 Å². The van der Waals surface area contributed by atoms with Crippen molar-refractivity contribution in [3.63, 3.8) is 0 Å². The van der Waals surface area contributed by atoms with Gasteiger partial charge in [-0.2, -0.15) is 13.2 Å². The highest BCUT2D eigenvalue weighted by molar-refractivity contribution is 5.20. The Bertz CT molecular complexity index is 484. The van der Waals surface area contributed by atoms with Gasteiger partial charge in [0.2, 0.25) is 0 Å². The van der Waals surface area contributed by atoms with E-state index in [2.05, 4.69) is 4.90 Å². The molecule has 2 fully saturated rings. The lowest BCUT2D eigenvalue weighted by atomic mass is 10.0. The van der Waals surface area contributed by atoms with Gasteiger partial charge in [0.05, 0.1) is 13.2 Å². The summed E-state index contributed by atoms with van der Waals surface area (Å²) in [5.41, 5.74) is 0.302. The smallest absolute Gasteiger partial charge is 0.349 e. The molecule has 1 aromatic carbocycles. The van der Waals surface area contributed by atoms with Crippen molar-refractivity contribution in [3.05, 3.63) is 35.9 Å². The first-order chi connectivity index (χ1) is 11.0. The molecule has 0 radical (unpaired) electrons. The maximum atomic E-state index is 13.5. The molecule has 0 spiro atoms. The highest BCUT2D eigenvalue weighted by Crippen LogP contribution is 2.38. The SMILES string of the molecule is FC(F)(F)[C@@H](c1ccccc1)N1CCN(CC2OCCO2)CC1. The fraction of sp³-hybridized carbons (Fsp3) is 0.625. The van der Waals surface area contributed by atoms with Crippen LogP contribution < -0.4 is 0 Å². The van der Waals surface area contributed by atoms with Crippen LogP contribution in [0.2, 0.25) is 0 Å². The summed E-state index contributed by atoms with van der Waals surface area (Å²) in [7, 11) is 0. The zero-order chi connectivity index (χ0) is 16.3. The molecular formula is C16H21F3N2O2. The first kappa shape index (κ1) is 16.7. The first-order valence-electron chi connectivity index (χ1n) is 7.85. The largest absolute Gasteiger partial charge is 0.408 e. The van der Waals surface area contributed by atoms with E-state index in [0.717, 1.165) is 0 Å². The highest BCUT2D eigenvalue weighted by atomic mass is 19.4. The number of hydrogen-bond acceptors (Lipinski definition) is 4. The summed E-state index contributed by atoms with van der Waals surface area (Å²) in [4.78, 5) is 3.62. The minimum absolute atomic E-state index is 0.242. The lowest BCUT2D eigenvalue weighted by molar-refractivity contribution is -0.191. The molecule has 2 aliphatic heterocycles. The molecule has 0 bridgehead atoms. The summed E-state index contributed by atoms with van der Waals surface area (Å²) < 4.78 is 51.4. The van der Waals surface area contributed by atoms with Crippen molar-refractivity contribution in [2.24, 2.45) is 0 Å². The lowest BCUT2D eigenvalue weighted by Gasteiger charge is -2.40. The van der Waals surface area contributed by atoms with Crippen molar-refractivity contribution in [2.75, 3.05) is 45.9 Å². The van der Waals surface area contributed by atoms with Crippen LogP contribution in [0.15, 0.2) is 30.3 Å². The second kappa shape index (κ2) is 7.17. The summed E-state index contributed by atoms with van der Waals surface area (Å²) in [5, 5.41) is 0. The van der Waals surface area contributed by atoms with E-state index >= 15 is 0 Å². The summed E-state index contributed by atoms with van der Waals surface area (Å²) in [5.74, 6) is 0. The van der Waals surface area contributed by atoms with Crippen molar-refractivity contribution in [2.45, 2.75) is 18.5 Å². The van der Waals surface area contributed by atoms with E-state index in [1.54, 1.807) is 30.3 Å². The van der Waals surface area contributed by atoms with Crippen LogP contribution in [0, 0.1) is 0 Å². The van der Waals surface area contributed by atoms with Gasteiger partial charge in [-0.1, -0.05) is 30.3 Å². The highest BCUT2D eigenvalue weighted by Gasteiger charge is 2.45. The van der Waals surface area contributed by atoms with E-state index in [9.17, 15) is 13.2 Å². The fourth-order valence-corrected chi connectivity index (χ4v) is 3.17. The van der Waals surface area contributed by atoms with E-state index in [-0.39, 0.29) is 6.29 Å². The zero-order valence-corrected chi connectivity index (χ0v) is 12.8. The molecule has 1 atom stereocenters. The zero-order valence-electron chi connectivity index (χ0n) is 12.8. The second-order valence-corrected chi connectivity index (χ2v) is 5.86. The van der Waals surface area contributed by atoms with Crippen molar-refractivity contribution < 1.29 is 22.6 Å². The number of hydrogen-bond donors (Lipinski definition) is 0. The first-order valence-corrected chi connectivity index (χ1v) is 7.85. The van der Waals surface area contributed by atoms with E-state index in [0.29, 0.717) is 51.5 Å².